The van der Waals surface area contributed by atoms with E-state index in [1.54, 1.807) is 0 Å². The second-order valence-electron chi connectivity index (χ2n) is 4.92. The van der Waals surface area contributed by atoms with Gasteiger partial charge >= 0.3 is 5.97 Å². The summed E-state index contributed by atoms with van der Waals surface area (Å²) in [6.07, 6.45) is 1.71. The number of carboxylic acid groups (broad SMARTS) is 1. The van der Waals surface area contributed by atoms with Crippen LogP contribution in [0, 0.1) is 0 Å². The van der Waals surface area contributed by atoms with Gasteiger partial charge < -0.3 is 10.0 Å². The Morgan fingerprint density at radius 3 is 2.85 bits per heavy atom. The zero-order valence-corrected chi connectivity index (χ0v) is 12.9. The first kappa shape index (κ1) is 15.4. The lowest BCUT2D eigenvalue weighted by Crippen LogP contribution is -2.47. The van der Waals surface area contributed by atoms with E-state index in [4.69, 9.17) is 5.11 Å². The van der Waals surface area contributed by atoms with Crippen molar-refractivity contribution in [3.63, 3.8) is 0 Å². The van der Waals surface area contributed by atoms with Gasteiger partial charge in [-0.05, 0) is 26.9 Å². The van der Waals surface area contributed by atoms with Gasteiger partial charge in [0.05, 0.1) is 5.51 Å². The van der Waals surface area contributed by atoms with Crippen LogP contribution in [0.3, 0.4) is 0 Å². The summed E-state index contributed by atoms with van der Waals surface area (Å²) in [5, 5.41) is 9.01. The van der Waals surface area contributed by atoms with Crippen LogP contribution in [-0.2, 0) is 10.0 Å². The quantitative estimate of drug-likeness (QED) is 0.872. The third-order valence-corrected chi connectivity index (χ3v) is 6.61. The Bertz CT molecular complexity index is 597. The van der Waals surface area contributed by atoms with Gasteiger partial charge in [0.25, 0.3) is 10.0 Å². The molecule has 0 aromatic carbocycles. The molecule has 1 aliphatic rings. The fourth-order valence-corrected chi connectivity index (χ4v) is 5.03. The number of aromatic carboxylic acids is 1. The second-order valence-corrected chi connectivity index (χ2v) is 7.90. The molecule has 1 aromatic rings. The first-order valence-corrected chi connectivity index (χ1v) is 8.49. The van der Waals surface area contributed by atoms with Gasteiger partial charge in [-0.1, -0.05) is 0 Å². The van der Waals surface area contributed by atoms with Crippen LogP contribution in [0.4, 0.5) is 0 Å². The molecule has 1 N–H and O–H groups in total. The Morgan fingerprint density at radius 1 is 1.55 bits per heavy atom. The van der Waals surface area contributed by atoms with Crippen molar-refractivity contribution >= 4 is 27.3 Å². The molecule has 112 valence electrons. The van der Waals surface area contributed by atoms with E-state index in [1.165, 1.54) is 9.82 Å². The number of hydrogen-bond acceptors (Lipinski definition) is 6. The molecule has 0 bridgehead atoms. The molecule has 0 radical (unpaired) electrons. The molecular formula is C11H17N3O4S2. The molecule has 0 saturated carbocycles. The lowest BCUT2D eigenvalue weighted by atomic mass is 10.1. The normalized spacial score (nSPS) is 21.2. The Morgan fingerprint density at radius 2 is 2.25 bits per heavy atom. The summed E-state index contributed by atoms with van der Waals surface area (Å²) in [7, 11) is 0.0468. The Hall–Kier alpha value is -1.03. The first-order valence-electron chi connectivity index (χ1n) is 6.17. The molecule has 0 spiro atoms. The fraction of sp³-hybridized carbons (Fsp3) is 0.636. The molecule has 7 nitrogen and oxygen atoms in total. The predicted molar refractivity (Wildman–Crippen MR) is 74.5 cm³/mol. The highest BCUT2D eigenvalue weighted by Gasteiger charge is 2.35. The number of nitrogens with zero attached hydrogens (tertiary/aromatic N) is 3. The van der Waals surface area contributed by atoms with E-state index in [0.717, 1.165) is 24.2 Å². The summed E-state index contributed by atoms with van der Waals surface area (Å²) in [6, 6.07) is 0.153. The molecule has 1 atom stereocenters. The standard InChI is InChI=1S/C11H17N3O4S2/c1-13(2)8-4-3-5-14(6-8)20(17,18)11-9(10(15)16)12-7-19-11/h7-8H,3-6H2,1-2H3,(H,15,16). The molecule has 1 aromatic heterocycles. The molecule has 1 saturated heterocycles. The highest BCUT2D eigenvalue weighted by molar-refractivity contribution is 7.91. The second kappa shape index (κ2) is 5.76. The number of carbonyl (C=O) groups is 1. The highest BCUT2D eigenvalue weighted by atomic mass is 32.2. The van der Waals surface area contributed by atoms with Crippen molar-refractivity contribution in [2.24, 2.45) is 0 Å². The van der Waals surface area contributed by atoms with Crippen LogP contribution in [-0.4, -0.2) is 66.9 Å². The zero-order chi connectivity index (χ0) is 14.9. The van der Waals surface area contributed by atoms with E-state index < -0.39 is 16.0 Å². The average molecular weight is 319 g/mol. The largest absolute Gasteiger partial charge is 0.476 e. The van der Waals surface area contributed by atoms with E-state index in [0.29, 0.717) is 13.1 Å². The van der Waals surface area contributed by atoms with Gasteiger partial charge in [-0.2, -0.15) is 4.31 Å². The van der Waals surface area contributed by atoms with Gasteiger partial charge in [-0.15, -0.1) is 11.3 Å². The lowest BCUT2D eigenvalue weighted by molar-refractivity contribution is 0.0687. The molecule has 1 aliphatic heterocycles. The lowest BCUT2D eigenvalue weighted by Gasteiger charge is -2.35. The van der Waals surface area contributed by atoms with Gasteiger partial charge in [-0.25, -0.2) is 18.2 Å². The molecule has 0 amide bonds. The number of sulfonamides is 1. The van der Waals surface area contributed by atoms with Gasteiger partial charge in [0.15, 0.2) is 9.90 Å². The van der Waals surface area contributed by atoms with E-state index in [9.17, 15) is 13.2 Å². The van der Waals surface area contributed by atoms with Gasteiger partial charge in [-0.3, -0.25) is 0 Å². The summed E-state index contributed by atoms with van der Waals surface area (Å²) in [4.78, 5) is 16.7. The fourth-order valence-electron chi connectivity index (χ4n) is 2.24. The third kappa shape index (κ3) is 2.85. The van der Waals surface area contributed by atoms with E-state index in [2.05, 4.69) is 4.98 Å². The minimum absolute atomic E-state index is 0.153. The number of piperidine rings is 1. The maximum Gasteiger partial charge on any atom is 0.356 e. The monoisotopic (exact) mass is 319 g/mol. The van der Waals surface area contributed by atoms with Gasteiger partial charge in [0.2, 0.25) is 0 Å². The number of likely N-dealkylation sites (N-methyl/N-ethyl adjacent to an activating group) is 1. The number of hydrogen-bond donors (Lipinski definition) is 1. The van der Waals surface area contributed by atoms with Crippen LogP contribution in [0.1, 0.15) is 23.3 Å². The third-order valence-electron chi connectivity index (χ3n) is 3.40. The molecule has 1 unspecified atom stereocenters. The van der Waals surface area contributed by atoms with Crippen LogP contribution in [0.5, 0.6) is 0 Å². The van der Waals surface area contributed by atoms with Crippen LogP contribution in [0.15, 0.2) is 9.72 Å². The molecule has 2 rings (SSSR count). The van der Waals surface area contributed by atoms with Crippen molar-refractivity contribution < 1.29 is 18.3 Å². The molecular weight excluding hydrogens is 302 g/mol. The van der Waals surface area contributed by atoms with E-state index in [-0.39, 0.29) is 15.9 Å². The summed E-state index contributed by atoms with van der Waals surface area (Å²) < 4.78 is 26.3. The van der Waals surface area contributed by atoms with Crippen LogP contribution >= 0.6 is 11.3 Å². The summed E-state index contributed by atoms with van der Waals surface area (Å²) >= 11 is 0.853. The Labute approximate surface area is 121 Å². The van der Waals surface area contributed by atoms with Crippen LogP contribution in [0.2, 0.25) is 0 Å². The minimum Gasteiger partial charge on any atom is -0.476 e. The SMILES string of the molecule is CN(C)C1CCCN(S(=O)(=O)c2scnc2C(=O)O)C1. The Kier molecular flexibility index (Phi) is 4.43. The summed E-state index contributed by atoms with van der Waals surface area (Å²) in [5.74, 6) is -1.31. The smallest absolute Gasteiger partial charge is 0.356 e. The molecule has 2 heterocycles. The maximum atomic E-state index is 12.6. The van der Waals surface area contributed by atoms with Gasteiger partial charge in [0, 0.05) is 19.1 Å². The predicted octanol–water partition coefficient (Wildman–Crippen LogP) is 0.556. The van der Waals surface area contributed by atoms with Crippen molar-refractivity contribution in [3.8, 4) is 0 Å². The molecule has 1 fully saturated rings. The highest BCUT2D eigenvalue weighted by Crippen LogP contribution is 2.27. The number of aromatic nitrogens is 1. The van der Waals surface area contributed by atoms with Crippen LogP contribution in [0.25, 0.3) is 0 Å². The zero-order valence-electron chi connectivity index (χ0n) is 11.3. The van der Waals surface area contributed by atoms with E-state index in [1.807, 2.05) is 19.0 Å². The van der Waals surface area contributed by atoms with Gasteiger partial charge in [0.1, 0.15) is 0 Å². The molecule has 20 heavy (non-hydrogen) atoms. The number of carboxylic acids is 1. The molecule has 0 aliphatic carbocycles. The summed E-state index contributed by atoms with van der Waals surface area (Å²) in [6.45, 7) is 0.802. The van der Waals surface area contributed by atoms with Crippen molar-refractivity contribution in [3.05, 3.63) is 11.2 Å². The minimum atomic E-state index is -3.78. The van der Waals surface area contributed by atoms with E-state index >= 15 is 0 Å². The average Bonchev–Trinajstić information content (AvgIpc) is 2.89. The Balaban J connectivity index is 2.30. The van der Waals surface area contributed by atoms with Crippen molar-refractivity contribution in [2.45, 2.75) is 23.1 Å². The number of rotatable bonds is 4. The summed E-state index contributed by atoms with van der Waals surface area (Å²) in [5.41, 5.74) is 0.867. The molecule has 9 heteroatoms. The number of thiazole rings is 1. The van der Waals surface area contributed by atoms with Crippen molar-refractivity contribution in [1.29, 1.82) is 0 Å². The first-order chi connectivity index (χ1) is 9.34. The van der Waals surface area contributed by atoms with Crippen LogP contribution < -0.4 is 0 Å². The maximum absolute atomic E-state index is 12.6. The van der Waals surface area contributed by atoms with Crippen molar-refractivity contribution in [1.82, 2.24) is 14.2 Å². The topological polar surface area (TPSA) is 90.8 Å². The van der Waals surface area contributed by atoms with Crippen molar-refractivity contribution in [2.75, 3.05) is 27.2 Å².